The molecule has 2 aliphatic rings. The fourth-order valence-corrected chi connectivity index (χ4v) is 12.2. The molecule has 0 nitrogen and oxygen atoms in total. The third kappa shape index (κ3) is 10.0. The minimum Gasteiger partial charge on any atom is -0.0928 e. The van der Waals surface area contributed by atoms with E-state index in [4.69, 9.17) is 0 Å². The fraction of sp³-hybridized carbons (Fsp3) is 0.520. The Morgan fingerprint density at radius 2 is 0.782 bits per heavy atom. The molecule has 0 fully saturated rings. The predicted molar refractivity (Wildman–Crippen MR) is 260 cm³/mol. The Labute approximate surface area is 375 Å². The van der Waals surface area contributed by atoms with Crippen molar-refractivity contribution in [3.05, 3.63) is 106 Å². The molecular formula is C50H61Br5. The average molecular weight is 1060 g/mol. The van der Waals surface area contributed by atoms with Crippen molar-refractivity contribution in [2.75, 3.05) is 21.3 Å². The van der Waals surface area contributed by atoms with Crippen LogP contribution in [0.5, 0.6) is 0 Å². The highest BCUT2D eigenvalue weighted by Gasteiger charge is 2.45. The Morgan fingerprint density at radius 3 is 1.36 bits per heavy atom. The van der Waals surface area contributed by atoms with E-state index in [1.54, 1.807) is 22.3 Å². The Morgan fingerprint density at radius 1 is 0.345 bits per heavy atom. The highest BCUT2D eigenvalue weighted by molar-refractivity contribution is 9.10. The molecule has 0 heterocycles. The summed E-state index contributed by atoms with van der Waals surface area (Å²) in [5.41, 5.74) is 15.2. The Balaban J connectivity index is 1.47. The number of unbranched alkanes of at least 4 members (excludes halogenated alkanes) is 12. The first-order chi connectivity index (χ1) is 27.0. The first-order valence-corrected chi connectivity index (χ1v) is 26.7. The number of rotatable bonds is 25. The summed E-state index contributed by atoms with van der Waals surface area (Å²) in [5.74, 6) is 0. The summed E-state index contributed by atoms with van der Waals surface area (Å²) in [6.07, 6.45) is 25.5. The molecule has 0 bridgehead atoms. The van der Waals surface area contributed by atoms with Gasteiger partial charge in [0.05, 0.1) is 0 Å². The molecule has 0 spiro atoms. The molecule has 0 N–H and O–H groups in total. The number of hydrogen-bond donors (Lipinski definition) is 0. The third-order valence-corrected chi connectivity index (χ3v) is 15.6. The van der Waals surface area contributed by atoms with Gasteiger partial charge < -0.3 is 0 Å². The van der Waals surface area contributed by atoms with E-state index in [0.717, 1.165) is 21.3 Å². The highest BCUT2D eigenvalue weighted by atomic mass is 79.9. The minimum atomic E-state index is 0.0117. The smallest absolute Gasteiger partial charge is 0.0221 e. The van der Waals surface area contributed by atoms with Gasteiger partial charge in [0.25, 0.3) is 0 Å². The lowest BCUT2D eigenvalue weighted by Gasteiger charge is -2.35. The lowest BCUT2D eigenvalue weighted by molar-refractivity contribution is 0.401. The van der Waals surface area contributed by atoms with Crippen LogP contribution in [-0.4, -0.2) is 21.3 Å². The molecule has 0 saturated heterocycles. The van der Waals surface area contributed by atoms with Crippen molar-refractivity contribution < 1.29 is 0 Å². The van der Waals surface area contributed by atoms with Gasteiger partial charge in [-0.15, -0.1) is 0 Å². The minimum absolute atomic E-state index is 0.0117. The van der Waals surface area contributed by atoms with Gasteiger partial charge in [-0.2, -0.15) is 0 Å². The number of fused-ring (bicyclic) bond motifs is 6. The summed E-state index contributed by atoms with van der Waals surface area (Å²) in [6.45, 7) is 0. The van der Waals surface area contributed by atoms with Crippen LogP contribution in [-0.2, 0) is 10.8 Å². The van der Waals surface area contributed by atoms with Crippen molar-refractivity contribution >= 4 is 79.6 Å². The van der Waals surface area contributed by atoms with Crippen LogP contribution in [0.1, 0.15) is 151 Å². The van der Waals surface area contributed by atoms with Crippen LogP contribution < -0.4 is 0 Å². The Hall–Kier alpha value is -0.720. The van der Waals surface area contributed by atoms with Crippen molar-refractivity contribution in [1.29, 1.82) is 0 Å². The van der Waals surface area contributed by atoms with Crippen LogP contribution in [0, 0.1) is 0 Å². The number of alkyl halides is 4. The molecule has 5 heteroatoms. The van der Waals surface area contributed by atoms with Crippen LogP contribution in [0.3, 0.4) is 0 Å². The molecule has 296 valence electrons. The Bertz CT molecular complexity index is 1780. The molecule has 55 heavy (non-hydrogen) atoms. The van der Waals surface area contributed by atoms with E-state index in [1.165, 1.54) is 166 Å². The van der Waals surface area contributed by atoms with Crippen molar-refractivity contribution in [2.45, 2.75) is 139 Å². The van der Waals surface area contributed by atoms with Crippen LogP contribution >= 0.6 is 79.6 Å². The molecule has 0 radical (unpaired) electrons. The van der Waals surface area contributed by atoms with E-state index < -0.39 is 0 Å². The summed E-state index contributed by atoms with van der Waals surface area (Å²) in [6, 6.07) is 31.6. The molecule has 6 rings (SSSR count). The van der Waals surface area contributed by atoms with Gasteiger partial charge in [0, 0.05) is 36.6 Å². The predicted octanol–water partition coefficient (Wildman–Crippen LogP) is 18.0. The third-order valence-electron chi connectivity index (χ3n) is 12.9. The molecule has 2 aliphatic carbocycles. The zero-order chi connectivity index (χ0) is 38.5. The Kier molecular flexibility index (Phi) is 17.6. The molecule has 0 aromatic heterocycles. The normalized spacial score (nSPS) is 14.5. The van der Waals surface area contributed by atoms with Crippen molar-refractivity contribution in [3.8, 4) is 33.4 Å². The van der Waals surface area contributed by atoms with Crippen molar-refractivity contribution in [1.82, 2.24) is 0 Å². The van der Waals surface area contributed by atoms with Crippen LogP contribution in [0.4, 0.5) is 0 Å². The first-order valence-electron chi connectivity index (χ1n) is 21.5. The first kappa shape index (κ1) is 43.8. The van der Waals surface area contributed by atoms with Gasteiger partial charge in [0.15, 0.2) is 0 Å². The van der Waals surface area contributed by atoms with Crippen LogP contribution in [0.15, 0.2) is 83.3 Å². The van der Waals surface area contributed by atoms with E-state index in [9.17, 15) is 0 Å². The van der Waals surface area contributed by atoms with Gasteiger partial charge in [-0.1, -0.05) is 217 Å². The highest BCUT2D eigenvalue weighted by Crippen LogP contribution is 2.59. The van der Waals surface area contributed by atoms with E-state index in [-0.39, 0.29) is 10.8 Å². The molecule has 4 aromatic carbocycles. The van der Waals surface area contributed by atoms with Gasteiger partial charge in [-0.05, 0) is 125 Å². The summed E-state index contributed by atoms with van der Waals surface area (Å²) >= 11 is 18.7. The monoisotopic (exact) mass is 1060 g/mol. The van der Waals surface area contributed by atoms with Crippen LogP contribution in [0.2, 0.25) is 0 Å². The van der Waals surface area contributed by atoms with Gasteiger partial charge >= 0.3 is 0 Å². The average Bonchev–Trinajstić information content (AvgIpc) is 3.64. The number of halogens is 5. The standard InChI is InChI=1S/C50H61Br5/c51-32-15-5-1-11-28-49(29-12-2-6-16-33-52)45-23-10-9-20-41(45)42-26-24-38(36-46(42)49)40-21-19-22-44-43-27-25-39(55)37-47(43)50(48(40)44,30-13-3-7-17-34-53)31-14-4-8-18-35-54/h9-10,19-27,36-37H,1-8,11-18,28-35H2. The number of benzene rings is 4. The molecule has 4 aromatic rings. The molecular weight excluding hydrogens is 1000 g/mol. The molecule has 0 aliphatic heterocycles. The maximum absolute atomic E-state index is 3.94. The lowest BCUT2D eigenvalue weighted by atomic mass is 9.68. The summed E-state index contributed by atoms with van der Waals surface area (Å²) in [5, 5.41) is 4.42. The number of hydrogen-bond acceptors (Lipinski definition) is 0. The lowest BCUT2D eigenvalue weighted by Crippen LogP contribution is -2.27. The second-order valence-corrected chi connectivity index (χ2v) is 20.4. The second-order valence-electron chi connectivity index (χ2n) is 16.3. The molecule has 0 unspecified atom stereocenters. The van der Waals surface area contributed by atoms with Gasteiger partial charge in [0.2, 0.25) is 0 Å². The maximum Gasteiger partial charge on any atom is 0.0221 e. The topological polar surface area (TPSA) is 0 Å². The summed E-state index contributed by atoms with van der Waals surface area (Å²) < 4.78 is 1.20. The van der Waals surface area contributed by atoms with Crippen molar-refractivity contribution in [3.63, 3.8) is 0 Å². The van der Waals surface area contributed by atoms with E-state index in [2.05, 4.69) is 159 Å². The zero-order valence-corrected chi connectivity index (χ0v) is 40.8. The van der Waals surface area contributed by atoms with Gasteiger partial charge in [-0.3, -0.25) is 0 Å². The SMILES string of the molecule is BrCCCCCCC1(CCCCCCBr)c2ccccc2-c2ccc(-c3cccc4c3C(CCCCCCBr)(CCCCCCBr)c3cc(Br)ccc3-4)cc21. The summed E-state index contributed by atoms with van der Waals surface area (Å²) in [7, 11) is 0. The molecule has 0 atom stereocenters. The van der Waals surface area contributed by atoms with Gasteiger partial charge in [0.1, 0.15) is 0 Å². The molecule has 0 amide bonds. The fourth-order valence-electron chi connectivity index (χ4n) is 10.2. The van der Waals surface area contributed by atoms with Crippen LogP contribution in [0.25, 0.3) is 33.4 Å². The zero-order valence-electron chi connectivity index (χ0n) is 32.9. The van der Waals surface area contributed by atoms with E-state index >= 15 is 0 Å². The maximum atomic E-state index is 3.94. The van der Waals surface area contributed by atoms with E-state index in [0.29, 0.717) is 0 Å². The second kappa shape index (κ2) is 22.0. The quantitative estimate of drug-likeness (QED) is 0.0458. The van der Waals surface area contributed by atoms with Crippen molar-refractivity contribution in [2.24, 2.45) is 0 Å². The van der Waals surface area contributed by atoms with E-state index in [1.807, 2.05) is 0 Å². The molecule has 0 saturated carbocycles. The van der Waals surface area contributed by atoms with Gasteiger partial charge in [-0.25, -0.2) is 0 Å². The summed E-state index contributed by atoms with van der Waals surface area (Å²) in [4.78, 5) is 0. The largest absolute Gasteiger partial charge is 0.0928 e.